The number of carbonyl (C=O) groups excluding carboxylic acids is 1. The zero-order chi connectivity index (χ0) is 18.0. The topological polar surface area (TPSA) is 63.1 Å². The maximum absolute atomic E-state index is 12.3. The fourth-order valence-corrected chi connectivity index (χ4v) is 2.85. The van der Waals surface area contributed by atoms with Crippen LogP contribution in [0.2, 0.25) is 0 Å². The second kappa shape index (κ2) is 7.09. The molecular formula is C19H25N5O. The lowest BCUT2D eigenvalue weighted by atomic mass is 10.1. The molecule has 1 aromatic carbocycles. The van der Waals surface area contributed by atoms with Gasteiger partial charge in [0, 0.05) is 36.5 Å². The highest BCUT2D eigenvalue weighted by atomic mass is 16.2. The van der Waals surface area contributed by atoms with Gasteiger partial charge >= 0.3 is 6.03 Å². The van der Waals surface area contributed by atoms with Gasteiger partial charge in [0.15, 0.2) is 0 Å². The summed E-state index contributed by atoms with van der Waals surface area (Å²) >= 11 is 0. The van der Waals surface area contributed by atoms with Crippen LogP contribution in [-0.4, -0.2) is 27.6 Å². The summed E-state index contributed by atoms with van der Waals surface area (Å²) in [5.41, 5.74) is 4.52. The van der Waals surface area contributed by atoms with Gasteiger partial charge in [-0.1, -0.05) is 37.8 Å². The second-order valence-corrected chi connectivity index (χ2v) is 6.99. The summed E-state index contributed by atoms with van der Waals surface area (Å²) in [7, 11) is 0. The van der Waals surface area contributed by atoms with Crippen molar-refractivity contribution in [3.8, 4) is 11.3 Å². The van der Waals surface area contributed by atoms with Gasteiger partial charge in [-0.05, 0) is 30.9 Å². The number of aromatic nitrogens is 3. The molecule has 2 amide bonds. The van der Waals surface area contributed by atoms with E-state index in [0.717, 1.165) is 47.6 Å². The first-order valence-corrected chi connectivity index (χ1v) is 8.71. The third kappa shape index (κ3) is 3.90. The van der Waals surface area contributed by atoms with Crippen molar-refractivity contribution in [2.75, 3.05) is 11.4 Å². The molecule has 2 heterocycles. The van der Waals surface area contributed by atoms with Gasteiger partial charge in [0.05, 0.1) is 6.20 Å². The molecule has 1 aliphatic heterocycles. The van der Waals surface area contributed by atoms with Gasteiger partial charge in [0.25, 0.3) is 0 Å². The Hall–Kier alpha value is -2.63. The Balaban J connectivity index is 1.84. The molecule has 132 valence electrons. The van der Waals surface area contributed by atoms with E-state index in [-0.39, 0.29) is 6.03 Å². The SMILES string of the molecule is C=C1CCN(c2cc(-c3cn(CCC(C)C)nn3)ccc2C)C(=O)N1. The third-order valence-electron chi connectivity index (χ3n) is 4.44. The fourth-order valence-electron chi connectivity index (χ4n) is 2.85. The van der Waals surface area contributed by atoms with Gasteiger partial charge in [-0.25, -0.2) is 4.79 Å². The molecule has 1 N–H and O–H groups in total. The van der Waals surface area contributed by atoms with Crippen molar-refractivity contribution >= 4 is 11.7 Å². The van der Waals surface area contributed by atoms with E-state index in [0.29, 0.717) is 12.5 Å². The van der Waals surface area contributed by atoms with E-state index in [9.17, 15) is 4.79 Å². The number of amides is 2. The Bertz CT molecular complexity index is 793. The van der Waals surface area contributed by atoms with Gasteiger partial charge in [0.2, 0.25) is 0 Å². The number of rotatable bonds is 5. The van der Waals surface area contributed by atoms with Crippen molar-refractivity contribution < 1.29 is 4.79 Å². The number of benzene rings is 1. The first kappa shape index (κ1) is 17.2. The number of hydrogen-bond donors (Lipinski definition) is 1. The summed E-state index contributed by atoms with van der Waals surface area (Å²) in [6.07, 6.45) is 3.79. The van der Waals surface area contributed by atoms with Crippen LogP contribution in [0.25, 0.3) is 11.3 Å². The molecule has 0 aliphatic carbocycles. The molecule has 6 nitrogen and oxygen atoms in total. The van der Waals surface area contributed by atoms with Crippen LogP contribution in [0.15, 0.2) is 36.7 Å². The highest BCUT2D eigenvalue weighted by Gasteiger charge is 2.23. The predicted molar refractivity (Wildman–Crippen MR) is 99.3 cm³/mol. The largest absolute Gasteiger partial charge is 0.326 e. The summed E-state index contributed by atoms with van der Waals surface area (Å²) in [4.78, 5) is 14.0. The molecule has 6 heteroatoms. The average molecular weight is 339 g/mol. The highest BCUT2D eigenvalue weighted by molar-refractivity contribution is 5.95. The average Bonchev–Trinajstić information content (AvgIpc) is 3.03. The molecule has 0 bridgehead atoms. The van der Waals surface area contributed by atoms with Crippen molar-refractivity contribution in [2.45, 2.75) is 40.2 Å². The van der Waals surface area contributed by atoms with Gasteiger partial charge in [-0.15, -0.1) is 5.10 Å². The fraction of sp³-hybridized carbons (Fsp3) is 0.421. The Labute approximate surface area is 148 Å². The van der Waals surface area contributed by atoms with E-state index < -0.39 is 0 Å². The molecule has 3 rings (SSSR count). The normalized spacial score (nSPS) is 15.0. The lowest BCUT2D eigenvalue weighted by Crippen LogP contribution is -2.45. The molecule has 0 atom stereocenters. The van der Waals surface area contributed by atoms with Gasteiger partial charge in [-0.3, -0.25) is 9.58 Å². The smallest absolute Gasteiger partial charge is 0.312 e. The third-order valence-corrected chi connectivity index (χ3v) is 4.44. The minimum Gasteiger partial charge on any atom is -0.312 e. The molecule has 0 unspecified atom stereocenters. The van der Waals surface area contributed by atoms with Gasteiger partial charge in [-0.2, -0.15) is 0 Å². The quantitative estimate of drug-likeness (QED) is 0.903. The van der Waals surface area contributed by atoms with Crippen molar-refractivity contribution in [1.82, 2.24) is 20.3 Å². The molecule has 0 spiro atoms. The van der Waals surface area contributed by atoms with Crippen LogP contribution in [0.3, 0.4) is 0 Å². The van der Waals surface area contributed by atoms with Crippen LogP contribution >= 0.6 is 0 Å². The number of nitrogens with one attached hydrogen (secondary N) is 1. The maximum Gasteiger partial charge on any atom is 0.326 e. The van der Waals surface area contributed by atoms with Gasteiger partial charge in [0.1, 0.15) is 5.69 Å². The summed E-state index contributed by atoms with van der Waals surface area (Å²) in [6, 6.07) is 5.93. The Morgan fingerprint density at radius 2 is 2.16 bits per heavy atom. The first-order valence-electron chi connectivity index (χ1n) is 8.71. The van der Waals surface area contributed by atoms with Crippen LogP contribution in [0.5, 0.6) is 0 Å². The monoisotopic (exact) mass is 339 g/mol. The summed E-state index contributed by atoms with van der Waals surface area (Å²) in [6.45, 7) is 11.7. The van der Waals surface area contributed by atoms with E-state index in [1.807, 2.05) is 36.0 Å². The Kier molecular flexibility index (Phi) is 4.88. The van der Waals surface area contributed by atoms with E-state index in [2.05, 4.69) is 36.1 Å². The minimum absolute atomic E-state index is 0.128. The predicted octanol–water partition coefficient (Wildman–Crippen LogP) is 3.73. The molecule has 1 aliphatic rings. The number of nitrogens with zero attached hydrogens (tertiary/aromatic N) is 4. The van der Waals surface area contributed by atoms with Crippen molar-refractivity contribution in [3.05, 3.63) is 42.2 Å². The zero-order valence-electron chi connectivity index (χ0n) is 15.1. The van der Waals surface area contributed by atoms with Crippen LogP contribution in [0, 0.1) is 12.8 Å². The first-order chi connectivity index (χ1) is 11.9. The lowest BCUT2D eigenvalue weighted by molar-refractivity contribution is 0.246. The van der Waals surface area contributed by atoms with Crippen molar-refractivity contribution in [2.24, 2.45) is 5.92 Å². The van der Waals surface area contributed by atoms with Crippen molar-refractivity contribution in [1.29, 1.82) is 0 Å². The van der Waals surface area contributed by atoms with E-state index in [1.165, 1.54) is 0 Å². The molecule has 1 aromatic heterocycles. The lowest BCUT2D eigenvalue weighted by Gasteiger charge is -2.30. The van der Waals surface area contributed by atoms with Crippen LogP contribution < -0.4 is 10.2 Å². The molecule has 0 radical (unpaired) electrons. The Morgan fingerprint density at radius 3 is 2.88 bits per heavy atom. The van der Waals surface area contributed by atoms with E-state index in [1.54, 1.807) is 4.90 Å². The number of hydrogen-bond acceptors (Lipinski definition) is 3. The molecule has 25 heavy (non-hydrogen) atoms. The maximum atomic E-state index is 12.3. The molecule has 1 saturated heterocycles. The van der Waals surface area contributed by atoms with Crippen LogP contribution in [-0.2, 0) is 6.54 Å². The van der Waals surface area contributed by atoms with Gasteiger partial charge < -0.3 is 5.32 Å². The summed E-state index contributed by atoms with van der Waals surface area (Å²) in [5, 5.41) is 11.3. The summed E-state index contributed by atoms with van der Waals surface area (Å²) in [5.74, 6) is 0.631. The van der Waals surface area contributed by atoms with Crippen LogP contribution in [0.1, 0.15) is 32.3 Å². The second-order valence-electron chi connectivity index (χ2n) is 6.99. The highest BCUT2D eigenvalue weighted by Crippen LogP contribution is 2.28. The Morgan fingerprint density at radius 1 is 1.36 bits per heavy atom. The number of urea groups is 1. The van der Waals surface area contributed by atoms with E-state index in [4.69, 9.17) is 0 Å². The van der Waals surface area contributed by atoms with Crippen molar-refractivity contribution in [3.63, 3.8) is 0 Å². The zero-order valence-corrected chi connectivity index (χ0v) is 15.1. The molecule has 0 saturated carbocycles. The standard InChI is InChI=1S/C19H25N5O/c1-13(2)7-9-23-12-17(21-22-23)16-6-5-14(3)18(11-16)24-10-8-15(4)20-19(24)25/h5-6,11-13H,4,7-10H2,1-3H3,(H,20,25). The summed E-state index contributed by atoms with van der Waals surface area (Å²) < 4.78 is 1.88. The number of aryl methyl sites for hydroxylation is 2. The number of anilines is 1. The number of carbonyl (C=O) groups is 1. The van der Waals surface area contributed by atoms with Crippen LogP contribution in [0.4, 0.5) is 10.5 Å². The minimum atomic E-state index is -0.128. The molecule has 2 aromatic rings. The molecule has 1 fully saturated rings. The molecular weight excluding hydrogens is 314 g/mol. The van der Waals surface area contributed by atoms with E-state index >= 15 is 0 Å².